The van der Waals surface area contributed by atoms with E-state index in [1.807, 2.05) is 0 Å². The lowest BCUT2D eigenvalue weighted by Gasteiger charge is -2.35. The van der Waals surface area contributed by atoms with Crippen LogP contribution in [0.25, 0.3) is 0 Å². The fourth-order valence-electron chi connectivity index (χ4n) is 4.95. The molecule has 0 aromatic carbocycles. The number of hydrogen-bond donors (Lipinski definition) is 1. The molecule has 1 amide bonds. The first kappa shape index (κ1) is 16.3. The number of rotatable bonds is 4. The van der Waals surface area contributed by atoms with Crippen molar-refractivity contribution in [2.24, 2.45) is 11.3 Å². The molecule has 1 aliphatic carbocycles. The van der Waals surface area contributed by atoms with Crippen molar-refractivity contribution in [1.29, 1.82) is 0 Å². The Labute approximate surface area is 135 Å². The van der Waals surface area contributed by atoms with Crippen LogP contribution in [0.5, 0.6) is 0 Å². The molecule has 4 nitrogen and oxygen atoms in total. The minimum atomic E-state index is -0.0213. The van der Waals surface area contributed by atoms with Gasteiger partial charge in [-0.2, -0.15) is 0 Å². The van der Waals surface area contributed by atoms with Gasteiger partial charge in [0.2, 0.25) is 5.91 Å². The number of nitrogens with zero attached hydrogens (tertiary/aromatic N) is 2. The summed E-state index contributed by atoms with van der Waals surface area (Å²) in [5.74, 6) is 1.10. The van der Waals surface area contributed by atoms with Crippen LogP contribution in [0.15, 0.2) is 0 Å². The van der Waals surface area contributed by atoms with Gasteiger partial charge in [0.15, 0.2) is 0 Å². The lowest BCUT2D eigenvalue weighted by atomic mass is 9.77. The fraction of sp³-hybridized carbons (Fsp3) is 0.944. The molecule has 3 fully saturated rings. The van der Waals surface area contributed by atoms with Crippen LogP contribution in [0.3, 0.4) is 0 Å². The van der Waals surface area contributed by atoms with Gasteiger partial charge in [-0.05, 0) is 31.6 Å². The smallest absolute Gasteiger partial charge is 0.228 e. The molecule has 2 heterocycles. The van der Waals surface area contributed by atoms with E-state index in [9.17, 15) is 4.79 Å². The van der Waals surface area contributed by atoms with Crippen molar-refractivity contribution in [3.8, 4) is 0 Å². The lowest BCUT2D eigenvalue weighted by molar-refractivity contribution is -0.142. The molecule has 0 aromatic heterocycles. The summed E-state index contributed by atoms with van der Waals surface area (Å²) in [5, 5.41) is 3.42. The van der Waals surface area contributed by atoms with Gasteiger partial charge >= 0.3 is 0 Å². The van der Waals surface area contributed by atoms with Crippen molar-refractivity contribution in [2.45, 2.75) is 58.4 Å². The van der Waals surface area contributed by atoms with E-state index >= 15 is 0 Å². The molecule has 126 valence electrons. The van der Waals surface area contributed by atoms with E-state index in [0.717, 1.165) is 58.5 Å². The molecule has 2 saturated heterocycles. The largest absolute Gasteiger partial charge is 0.341 e. The monoisotopic (exact) mass is 307 g/mol. The molecule has 1 atom stereocenters. The standard InChI is InChI=1S/C18H33N3O/c1-15(2)13-18(6-3-4-7-18)17(22)21-10-5-16(14-21)20-11-8-19-9-12-20/h15-16,19H,3-14H2,1-2H3. The van der Waals surface area contributed by atoms with Crippen molar-refractivity contribution in [3.63, 3.8) is 0 Å². The molecule has 0 bridgehead atoms. The minimum Gasteiger partial charge on any atom is -0.341 e. The summed E-state index contributed by atoms with van der Waals surface area (Å²) in [6.07, 6.45) is 6.99. The first-order valence-electron chi connectivity index (χ1n) is 9.35. The summed E-state index contributed by atoms with van der Waals surface area (Å²) < 4.78 is 0. The Morgan fingerprint density at radius 3 is 2.50 bits per heavy atom. The van der Waals surface area contributed by atoms with Crippen LogP contribution in [-0.2, 0) is 4.79 Å². The molecule has 0 aromatic rings. The highest BCUT2D eigenvalue weighted by Crippen LogP contribution is 2.45. The number of likely N-dealkylation sites (tertiary alicyclic amines) is 1. The van der Waals surface area contributed by atoms with E-state index in [1.54, 1.807) is 0 Å². The average Bonchev–Trinajstić information content (AvgIpc) is 3.17. The molecule has 22 heavy (non-hydrogen) atoms. The third kappa shape index (κ3) is 3.33. The van der Waals surface area contributed by atoms with Crippen molar-refractivity contribution < 1.29 is 4.79 Å². The fourth-order valence-corrected chi connectivity index (χ4v) is 4.95. The summed E-state index contributed by atoms with van der Waals surface area (Å²) in [5.41, 5.74) is -0.0213. The van der Waals surface area contributed by atoms with Crippen molar-refractivity contribution in [1.82, 2.24) is 15.1 Å². The average molecular weight is 307 g/mol. The predicted molar refractivity (Wildman–Crippen MR) is 89.8 cm³/mol. The van der Waals surface area contributed by atoms with Gasteiger partial charge < -0.3 is 10.2 Å². The Morgan fingerprint density at radius 2 is 1.86 bits per heavy atom. The third-order valence-corrected chi connectivity index (χ3v) is 5.93. The van der Waals surface area contributed by atoms with Crippen molar-refractivity contribution in [2.75, 3.05) is 39.3 Å². The topological polar surface area (TPSA) is 35.6 Å². The maximum absolute atomic E-state index is 13.2. The molecule has 4 heteroatoms. The number of piperazine rings is 1. The van der Waals surface area contributed by atoms with Gasteiger partial charge in [-0.15, -0.1) is 0 Å². The van der Waals surface area contributed by atoms with Crippen LogP contribution in [0.2, 0.25) is 0 Å². The molecule has 3 rings (SSSR count). The van der Waals surface area contributed by atoms with Crippen molar-refractivity contribution >= 4 is 5.91 Å². The van der Waals surface area contributed by atoms with Crippen LogP contribution >= 0.6 is 0 Å². The highest BCUT2D eigenvalue weighted by Gasteiger charge is 2.45. The Morgan fingerprint density at radius 1 is 1.18 bits per heavy atom. The Kier molecular flexibility index (Phi) is 5.08. The maximum Gasteiger partial charge on any atom is 0.228 e. The predicted octanol–water partition coefficient (Wildman–Crippen LogP) is 2.10. The highest BCUT2D eigenvalue weighted by atomic mass is 16.2. The first-order chi connectivity index (χ1) is 10.6. The number of amides is 1. The molecular formula is C18H33N3O. The van der Waals surface area contributed by atoms with Gasteiger partial charge in [-0.1, -0.05) is 26.7 Å². The number of nitrogens with one attached hydrogen (secondary N) is 1. The van der Waals surface area contributed by atoms with Crippen LogP contribution in [-0.4, -0.2) is 61.0 Å². The van der Waals surface area contributed by atoms with Gasteiger partial charge in [0.1, 0.15) is 0 Å². The summed E-state index contributed by atoms with van der Waals surface area (Å²) in [6, 6.07) is 0.601. The summed E-state index contributed by atoms with van der Waals surface area (Å²) in [6.45, 7) is 11.0. The van der Waals surface area contributed by atoms with Gasteiger partial charge in [-0.25, -0.2) is 0 Å². The zero-order valence-corrected chi connectivity index (χ0v) is 14.4. The van der Waals surface area contributed by atoms with Gasteiger partial charge in [0.25, 0.3) is 0 Å². The normalized spacial score (nSPS) is 29.4. The number of hydrogen-bond acceptors (Lipinski definition) is 3. The van der Waals surface area contributed by atoms with E-state index in [-0.39, 0.29) is 5.41 Å². The lowest BCUT2D eigenvalue weighted by Crippen LogP contribution is -2.50. The van der Waals surface area contributed by atoms with Gasteiger partial charge in [0.05, 0.1) is 0 Å². The van der Waals surface area contributed by atoms with Crippen molar-refractivity contribution in [3.05, 3.63) is 0 Å². The van der Waals surface area contributed by atoms with E-state index in [2.05, 4.69) is 29.0 Å². The summed E-state index contributed by atoms with van der Waals surface area (Å²) in [7, 11) is 0. The molecule has 1 N–H and O–H groups in total. The third-order valence-electron chi connectivity index (χ3n) is 5.93. The van der Waals surface area contributed by atoms with E-state index in [0.29, 0.717) is 17.9 Å². The number of carbonyl (C=O) groups excluding carboxylic acids is 1. The maximum atomic E-state index is 13.2. The molecular weight excluding hydrogens is 274 g/mol. The van der Waals surface area contributed by atoms with E-state index in [4.69, 9.17) is 0 Å². The van der Waals surface area contributed by atoms with E-state index in [1.165, 1.54) is 19.3 Å². The molecule has 1 saturated carbocycles. The SMILES string of the molecule is CC(C)CC1(C(=O)N2CCC(N3CCNCC3)C2)CCCC1. The Balaban J connectivity index is 1.62. The minimum absolute atomic E-state index is 0.0213. The zero-order valence-electron chi connectivity index (χ0n) is 14.4. The van der Waals surface area contributed by atoms with Gasteiger partial charge in [-0.3, -0.25) is 9.69 Å². The van der Waals surface area contributed by atoms with Crippen LogP contribution < -0.4 is 5.32 Å². The van der Waals surface area contributed by atoms with Crippen LogP contribution in [0.1, 0.15) is 52.4 Å². The second-order valence-corrected chi connectivity index (χ2v) is 8.07. The molecule has 0 radical (unpaired) electrons. The molecule has 3 aliphatic rings. The molecule has 0 spiro atoms. The van der Waals surface area contributed by atoms with E-state index < -0.39 is 0 Å². The van der Waals surface area contributed by atoms with Crippen LogP contribution in [0.4, 0.5) is 0 Å². The Hall–Kier alpha value is -0.610. The van der Waals surface area contributed by atoms with Gasteiger partial charge in [0, 0.05) is 50.7 Å². The highest BCUT2D eigenvalue weighted by molar-refractivity contribution is 5.83. The number of carbonyl (C=O) groups is 1. The summed E-state index contributed by atoms with van der Waals surface area (Å²) >= 11 is 0. The second kappa shape index (κ2) is 6.88. The zero-order chi connectivity index (χ0) is 15.6. The molecule has 2 aliphatic heterocycles. The first-order valence-corrected chi connectivity index (χ1v) is 9.35. The summed E-state index contributed by atoms with van der Waals surface area (Å²) in [4.78, 5) is 18.0. The quantitative estimate of drug-likeness (QED) is 0.864. The Bertz CT molecular complexity index is 384. The second-order valence-electron chi connectivity index (χ2n) is 8.07. The molecule has 1 unspecified atom stereocenters. The van der Waals surface area contributed by atoms with Crippen LogP contribution in [0, 0.1) is 11.3 Å².